The van der Waals surface area contributed by atoms with Crippen LogP contribution in [-0.4, -0.2) is 36.7 Å². The first-order valence-corrected chi connectivity index (χ1v) is 9.68. The van der Waals surface area contributed by atoms with Gasteiger partial charge in [0, 0.05) is 42.7 Å². The zero-order chi connectivity index (χ0) is 19.0. The van der Waals surface area contributed by atoms with Crippen molar-refractivity contribution < 1.29 is 4.74 Å². The van der Waals surface area contributed by atoms with E-state index in [1.54, 1.807) is 7.11 Å². The summed E-state index contributed by atoms with van der Waals surface area (Å²) in [6.45, 7) is 9.64. The van der Waals surface area contributed by atoms with Crippen LogP contribution in [0.3, 0.4) is 0 Å². The Morgan fingerprint density at radius 3 is 2.56 bits per heavy atom. The summed E-state index contributed by atoms with van der Waals surface area (Å²) in [5.74, 6) is 0.880. The van der Waals surface area contributed by atoms with Gasteiger partial charge in [-0.15, -0.1) is 0 Å². The molecular weight excluding hydrogens is 332 g/mol. The van der Waals surface area contributed by atoms with Gasteiger partial charge in [0.15, 0.2) is 0 Å². The molecule has 0 bridgehead atoms. The van der Waals surface area contributed by atoms with Crippen LogP contribution in [0.15, 0.2) is 49.0 Å². The fourth-order valence-electron chi connectivity index (χ4n) is 4.16. The number of ether oxygens (including phenoxy) is 1. The summed E-state index contributed by atoms with van der Waals surface area (Å²) in [4.78, 5) is 2.43. The molecule has 0 unspecified atom stereocenters. The normalized spacial score (nSPS) is 14.8. The molecule has 1 aliphatic heterocycles. The van der Waals surface area contributed by atoms with Gasteiger partial charge in [-0.2, -0.15) is 0 Å². The number of benzene rings is 2. The zero-order valence-electron chi connectivity index (χ0n) is 16.6. The first-order chi connectivity index (χ1) is 13.1. The summed E-state index contributed by atoms with van der Waals surface area (Å²) in [5, 5.41) is 1.42. The van der Waals surface area contributed by atoms with Gasteiger partial charge in [0.2, 0.25) is 0 Å². The predicted octanol–water partition coefficient (Wildman–Crippen LogP) is 4.70. The van der Waals surface area contributed by atoms with Gasteiger partial charge >= 0.3 is 0 Å². The van der Waals surface area contributed by atoms with Gasteiger partial charge in [0.1, 0.15) is 5.75 Å². The number of aromatic nitrogens is 1. The van der Waals surface area contributed by atoms with Crippen LogP contribution in [0, 0.1) is 6.92 Å². The maximum Gasteiger partial charge on any atom is 0.118 e. The molecule has 4 rings (SSSR count). The lowest BCUT2D eigenvalue weighted by molar-refractivity contribution is 0.351. The Kier molecular flexibility index (Phi) is 4.79. The van der Waals surface area contributed by atoms with E-state index in [2.05, 4.69) is 60.3 Å². The molecule has 0 radical (unpaired) electrons. The van der Waals surface area contributed by atoms with Crippen LogP contribution in [0.2, 0.25) is 0 Å². The Balaban J connectivity index is 1.75. The highest BCUT2D eigenvalue weighted by Gasteiger charge is 2.21. The van der Waals surface area contributed by atoms with Crippen LogP contribution < -0.4 is 4.74 Å². The standard InChI is InChI=1S/C24H28N2O/c1-17-5-10-23-22(15-17)21-11-13-25(3)14-12-24(21)26(23)16-18(2)19-6-8-20(27-4)9-7-19/h5-10,15H,2,11-14,16H2,1,3-4H3. The molecule has 2 heterocycles. The smallest absolute Gasteiger partial charge is 0.118 e. The van der Waals surface area contributed by atoms with Crippen LogP contribution in [0.25, 0.3) is 16.5 Å². The molecule has 0 fully saturated rings. The van der Waals surface area contributed by atoms with E-state index in [0.717, 1.165) is 43.8 Å². The van der Waals surface area contributed by atoms with Gasteiger partial charge in [-0.25, -0.2) is 0 Å². The minimum atomic E-state index is 0.824. The molecule has 2 aromatic carbocycles. The van der Waals surface area contributed by atoms with E-state index < -0.39 is 0 Å². The number of allylic oxidation sites excluding steroid dienone is 1. The molecule has 1 aromatic heterocycles. The predicted molar refractivity (Wildman–Crippen MR) is 114 cm³/mol. The summed E-state index contributed by atoms with van der Waals surface area (Å²) in [7, 11) is 3.92. The second-order valence-corrected chi connectivity index (χ2v) is 7.67. The van der Waals surface area contributed by atoms with Crippen molar-refractivity contribution in [2.24, 2.45) is 0 Å². The van der Waals surface area contributed by atoms with Crippen molar-refractivity contribution in [3.63, 3.8) is 0 Å². The molecule has 3 nitrogen and oxygen atoms in total. The fraction of sp³-hybridized carbons (Fsp3) is 0.333. The van der Waals surface area contributed by atoms with E-state index in [1.807, 2.05) is 12.1 Å². The van der Waals surface area contributed by atoms with Crippen molar-refractivity contribution in [3.05, 3.63) is 71.4 Å². The van der Waals surface area contributed by atoms with Crippen LogP contribution in [0.5, 0.6) is 5.75 Å². The quantitative estimate of drug-likeness (QED) is 0.671. The van der Waals surface area contributed by atoms with E-state index in [1.165, 1.54) is 33.3 Å². The summed E-state index contributed by atoms with van der Waals surface area (Å²) >= 11 is 0. The minimum absolute atomic E-state index is 0.824. The van der Waals surface area contributed by atoms with E-state index in [4.69, 9.17) is 4.74 Å². The second-order valence-electron chi connectivity index (χ2n) is 7.67. The lowest BCUT2D eigenvalue weighted by Crippen LogP contribution is -2.21. The molecule has 140 valence electrons. The topological polar surface area (TPSA) is 17.4 Å². The van der Waals surface area contributed by atoms with Crippen LogP contribution >= 0.6 is 0 Å². The van der Waals surface area contributed by atoms with E-state index in [9.17, 15) is 0 Å². The number of nitrogens with zero attached hydrogens (tertiary/aromatic N) is 2. The first-order valence-electron chi connectivity index (χ1n) is 9.68. The largest absolute Gasteiger partial charge is 0.497 e. The molecule has 0 saturated heterocycles. The molecule has 0 spiro atoms. The van der Waals surface area contributed by atoms with Crippen molar-refractivity contribution in [2.75, 3.05) is 27.2 Å². The first kappa shape index (κ1) is 17.9. The van der Waals surface area contributed by atoms with Gasteiger partial charge in [-0.05, 0) is 61.4 Å². The SMILES string of the molecule is C=C(Cn1c2c(c3cc(C)ccc31)CCN(C)CC2)c1ccc(OC)cc1. The molecular formula is C24H28N2O. The minimum Gasteiger partial charge on any atom is -0.497 e. The number of hydrogen-bond acceptors (Lipinski definition) is 2. The Hall–Kier alpha value is -2.52. The van der Waals surface area contributed by atoms with E-state index in [-0.39, 0.29) is 0 Å². The lowest BCUT2D eigenvalue weighted by Gasteiger charge is -2.15. The summed E-state index contributed by atoms with van der Waals surface area (Å²) < 4.78 is 7.78. The molecule has 3 heteroatoms. The highest BCUT2D eigenvalue weighted by atomic mass is 16.5. The van der Waals surface area contributed by atoms with Gasteiger partial charge in [-0.1, -0.05) is 30.3 Å². The lowest BCUT2D eigenvalue weighted by atomic mass is 10.1. The third kappa shape index (κ3) is 3.40. The monoisotopic (exact) mass is 360 g/mol. The number of fused-ring (bicyclic) bond motifs is 3. The van der Waals surface area contributed by atoms with Gasteiger partial charge < -0.3 is 14.2 Å². The second kappa shape index (κ2) is 7.24. The summed E-state index contributed by atoms with van der Waals surface area (Å²) in [6, 6.07) is 15.1. The molecule has 0 saturated carbocycles. The number of rotatable bonds is 4. The Labute approximate surface area is 161 Å². The Morgan fingerprint density at radius 1 is 1.07 bits per heavy atom. The van der Waals surface area contributed by atoms with Crippen LogP contribution in [0.4, 0.5) is 0 Å². The molecule has 0 atom stereocenters. The van der Waals surface area contributed by atoms with Gasteiger partial charge in [0.05, 0.1) is 7.11 Å². The average Bonchev–Trinajstić information content (AvgIpc) is 2.82. The van der Waals surface area contributed by atoms with Gasteiger partial charge in [0.25, 0.3) is 0 Å². The van der Waals surface area contributed by atoms with E-state index >= 15 is 0 Å². The molecule has 3 aromatic rings. The third-order valence-corrected chi connectivity index (χ3v) is 5.76. The Morgan fingerprint density at radius 2 is 1.81 bits per heavy atom. The number of likely N-dealkylation sites (N-methyl/N-ethyl adjacent to an activating group) is 1. The molecule has 0 amide bonds. The van der Waals surface area contributed by atoms with Gasteiger partial charge in [-0.3, -0.25) is 0 Å². The van der Waals surface area contributed by atoms with Crippen molar-refractivity contribution in [1.82, 2.24) is 9.47 Å². The number of aryl methyl sites for hydroxylation is 1. The highest BCUT2D eigenvalue weighted by molar-refractivity contribution is 5.87. The molecule has 1 aliphatic rings. The summed E-state index contributed by atoms with van der Waals surface area (Å²) in [5.41, 5.74) is 7.98. The maximum atomic E-state index is 5.28. The zero-order valence-corrected chi connectivity index (χ0v) is 16.6. The third-order valence-electron chi connectivity index (χ3n) is 5.76. The van der Waals surface area contributed by atoms with Crippen LogP contribution in [-0.2, 0) is 19.4 Å². The maximum absolute atomic E-state index is 5.28. The molecule has 0 aliphatic carbocycles. The summed E-state index contributed by atoms with van der Waals surface area (Å²) in [6.07, 6.45) is 2.21. The van der Waals surface area contributed by atoms with E-state index in [0.29, 0.717) is 0 Å². The molecule has 0 N–H and O–H groups in total. The van der Waals surface area contributed by atoms with Crippen molar-refractivity contribution in [2.45, 2.75) is 26.3 Å². The number of methoxy groups -OCH3 is 1. The fourth-order valence-corrected chi connectivity index (χ4v) is 4.16. The molecule has 27 heavy (non-hydrogen) atoms. The van der Waals surface area contributed by atoms with Crippen molar-refractivity contribution in [1.29, 1.82) is 0 Å². The van der Waals surface area contributed by atoms with Crippen LogP contribution in [0.1, 0.15) is 22.4 Å². The number of hydrogen-bond donors (Lipinski definition) is 0. The van der Waals surface area contributed by atoms with Crippen molar-refractivity contribution >= 4 is 16.5 Å². The highest BCUT2D eigenvalue weighted by Crippen LogP contribution is 2.32. The van der Waals surface area contributed by atoms with Crippen molar-refractivity contribution in [3.8, 4) is 5.75 Å². The average molecular weight is 361 g/mol. The Bertz CT molecular complexity index is 982.